The third-order valence-corrected chi connectivity index (χ3v) is 2.78. The molecule has 3 heteroatoms. The number of hydrogen-bond donors (Lipinski definition) is 1. The van der Waals surface area contributed by atoms with E-state index in [4.69, 9.17) is 5.11 Å². The summed E-state index contributed by atoms with van der Waals surface area (Å²) in [6.07, 6.45) is 3.52. The molecular formula is C9H14Br2O. The lowest BCUT2D eigenvalue weighted by Gasteiger charge is -2.01. The molecule has 1 N–H and O–H groups in total. The molecule has 0 bridgehead atoms. The van der Waals surface area contributed by atoms with Crippen LogP contribution in [0.4, 0.5) is 0 Å². The van der Waals surface area contributed by atoms with E-state index in [1.165, 1.54) is 5.57 Å². The number of hydrogen-bond acceptors (Lipinski definition) is 1. The number of alkyl halides is 2. The van der Waals surface area contributed by atoms with Gasteiger partial charge < -0.3 is 5.11 Å². The lowest BCUT2D eigenvalue weighted by Crippen LogP contribution is -1.96. The van der Waals surface area contributed by atoms with Crippen molar-refractivity contribution in [3.63, 3.8) is 0 Å². The molecule has 0 saturated heterocycles. The molecular weight excluding hydrogens is 284 g/mol. The van der Waals surface area contributed by atoms with Gasteiger partial charge in [0, 0.05) is 10.7 Å². The van der Waals surface area contributed by atoms with Gasteiger partial charge in [0.05, 0.1) is 6.10 Å². The number of halogens is 2. The first-order valence-corrected chi connectivity index (χ1v) is 6.02. The van der Waals surface area contributed by atoms with Crippen molar-refractivity contribution in [3.8, 4) is 0 Å². The van der Waals surface area contributed by atoms with E-state index in [9.17, 15) is 0 Å². The van der Waals surface area contributed by atoms with Crippen LogP contribution in [0.2, 0.25) is 0 Å². The number of aliphatic hydroxyl groups is 1. The summed E-state index contributed by atoms with van der Waals surface area (Å²) in [5.74, 6) is 0. The highest BCUT2D eigenvalue weighted by molar-refractivity contribution is 9.09. The lowest BCUT2D eigenvalue weighted by molar-refractivity contribution is 0.243. The second-order valence-corrected chi connectivity index (χ2v) is 3.86. The normalized spacial score (nSPS) is 16.4. The van der Waals surface area contributed by atoms with Crippen LogP contribution in [0.3, 0.4) is 0 Å². The molecule has 0 aromatic rings. The Morgan fingerprint density at radius 3 is 2.33 bits per heavy atom. The molecule has 0 aliphatic rings. The summed E-state index contributed by atoms with van der Waals surface area (Å²) in [6.45, 7) is 3.80. The van der Waals surface area contributed by atoms with E-state index >= 15 is 0 Å². The maximum Gasteiger partial charge on any atom is 0.0698 e. The van der Waals surface area contributed by atoms with Crippen molar-refractivity contribution in [2.45, 2.75) is 20.0 Å². The first kappa shape index (κ1) is 12.4. The minimum Gasteiger partial charge on any atom is -0.389 e. The van der Waals surface area contributed by atoms with Crippen LogP contribution in [0, 0.1) is 0 Å². The monoisotopic (exact) mass is 296 g/mol. The number of aliphatic hydroxyl groups excluding tert-OH is 1. The maximum absolute atomic E-state index is 9.10. The lowest BCUT2D eigenvalue weighted by atomic mass is 10.2. The summed E-state index contributed by atoms with van der Waals surface area (Å²) in [5, 5.41) is 10.8. The van der Waals surface area contributed by atoms with Gasteiger partial charge in [0.1, 0.15) is 0 Å². The molecule has 0 aromatic heterocycles. The molecule has 70 valence electrons. The average molecular weight is 298 g/mol. The van der Waals surface area contributed by atoms with E-state index in [-0.39, 0.29) is 6.10 Å². The van der Waals surface area contributed by atoms with Crippen molar-refractivity contribution in [1.29, 1.82) is 0 Å². The molecule has 0 saturated carbocycles. The molecule has 0 rings (SSSR count). The summed E-state index contributed by atoms with van der Waals surface area (Å²) in [7, 11) is 0. The third kappa shape index (κ3) is 5.98. The zero-order valence-corrected chi connectivity index (χ0v) is 10.5. The van der Waals surface area contributed by atoms with Gasteiger partial charge in [0.2, 0.25) is 0 Å². The molecule has 0 fully saturated rings. The second-order valence-electron chi connectivity index (χ2n) is 2.74. The Morgan fingerprint density at radius 2 is 2.00 bits per heavy atom. The van der Waals surface area contributed by atoms with E-state index < -0.39 is 0 Å². The summed E-state index contributed by atoms with van der Waals surface area (Å²) in [6, 6.07) is 0. The Bertz CT molecular complexity index is 183. The van der Waals surface area contributed by atoms with Crippen LogP contribution in [-0.4, -0.2) is 21.9 Å². The van der Waals surface area contributed by atoms with Crippen molar-refractivity contribution in [2.24, 2.45) is 0 Å². The molecule has 0 radical (unpaired) electrons. The fourth-order valence-electron chi connectivity index (χ4n) is 0.796. The molecule has 0 heterocycles. The molecule has 0 aliphatic carbocycles. The van der Waals surface area contributed by atoms with Crippen molar-refractivity contribution in [1.82, 2.24) is 0 Å². The van der Waals surface area contributed by atoms with E-state index in [0.29, 0.717) is 0 Å². The second kappa shape index (κ2) is 6.87. The van der Waals surface area contributed by atoms with Gasteiger partial charge in [-0.3, -0.25) is 0 Å². The van der Waals surface area contributed by atoms with Crippen LogP contribution in [0.25, 0.3) is 0 Å². The maximum atomic E-state index is 9.10. The minimum absolute atomic E-state index is 0.378. The summed E-state index contributed by atoms with van der Waals surface area (Å²) in [5.41, 5.74) is 2.36. The van der Waals surface area contributed by atoms with Crippen LogP contribution in [0.5, 0.6) is 0 Å². The summed E-state index contributed by atoms with van der Waals surface area (Å²) >= 11 is 6.73. The van der Waals surface area contributed by atoms with E-state index in [1.807, 2.05) is 13.0 Å². The van der Waals surface area contributed by atoms with Gasteiger partial charge in [-0.1, -0.05) is 49.6 Å². The minimum atomic E-state index is -0.378. The van der Waals surface area contributed by atoms with Gasteiger partial charge in [0.25, 0.3) is 0 Å². The Morgan fingerprint density at radius 1 is 1.42 bits per heavy atom. The highest BCUT2D eigenvalue weighted by atomic mass is 79.9. The molecule has 0 aromatic carbocycles. The van der Waals surface area contributed by atoms with Crippen molar-refractivity contribution in [3.05, 3.63) is 23.3 Å². The highest BCUT2D eigenvalue weighted by Gasteiger charge is 1.95. The number of rotatable bonds is 4. The predicted octanol–water partition coefficient (Wildman–Crippen LogP) is 3.03. The number of allylic oxidation sites excluding steroid dienone is 3. The molecule has 1 nitrogen and oxygen atoms in total. The van der Waals surface area contributed by atoms with Crippen LogP contribution < -0.4 is 0 Å². The molecule has 1 atom stereocenters. The smallest absolute Gasteiger partial charge is 0.0698 e. The standard InChI is InChI=1S/C9H14Br2O/c1-7(5-10)3-9(6-11)4-8(2)12/h3-4,8,12H,5-6H2,1-2H3/b7-3+,9-4+/t8-/m1/s1. The van der Waals surface area contributed by atoms with Crippen molar-refractivity contribution in [2.75, 3.05) is 10.7 Å². The quantitative estimate of drug-likeness (QED) is 0.625. The Labute approximate surface area is 90.8 Å². The van der Waals surface area contributed by atoms with Gasteiger partial charge >= 0.3 is 0 Å². The predicted molar refractivity (Wildman–Crippen MR) is 61.1 cm³/mol. The fourth-order valence-corrected chi connectivity index (χ4v) is 1.31. The fraction of sp³-hybridized carbons (Fsp3) is 0.556. The van der Waals surface area contributed by atoms with Crippen LogP contribution in [0.1, 0.15) is 13.8 Å². The SMILES string of the molecule is C/C(=C\C(=C/[C@@H](C)O)CBr)CBr. The first-order valence-electron chi connectivity index (χ1n) is 3.78. The topological polar surface area (TPSA) is 20.2 Å². The first-order chi connectivity index (χ1) is 5.60. The van der Waals surface area contributed by atoms with Crippen molar-refractivity contribution < 1.29 is 5.11 Å². The highest BCUT2D eigenvalue weighted by Crippen LogP contribution is 2.08. The average Bonchev–Trinajstić information content (AvgIpc) is 2.02. The zero-order chi connectivity index (χ0) is 9.56. The molecule has 0 aliphatic heterocycles. The molecule has 0 unspecified atom stereocenters. The van der Waals surface area contributed by atoms with Crippen LogP contribution in [-0.2, 0) is 0 Å². The summed E-state index contributed by atoms with van der Waals surface area (Å²) < 4.78 is 0. The molecule has 12 heavy (non-hydrogen) atoms. The van der Waals surface area contributed by atoms with Gasteiger partial charge in [-0.15, -0.1) is 0 Å². The Balaban J connectivity index is 4.36. The zero-order valence-electron chi connectivity index (χ0n) is 7.35. The van der Waals surface area contributed by atoms with Crippen LogP contribution in [0.15, 0.2) is 23.3 Å². The van der Waals surface area contributed by atoms with Gasteiger partial charge in [0.15, 0.2) is 0 Å². The third-order valence-electron chi connectivity index (χ3n) is 1.25. The van der Waals surface area contributed by atoms with Gasteiger partial charge in [-0.05, 0) is 19.4 Å². The van der Waals surface area contributed by atoms with Gasteiger partial charge in [-0.25, -0.2) is 0 Å². The Kier molecular flexibility index (Phi) is 7.10. The van der Waals surface area contributed by atoms with Gasteiger partial charge in [-0.2, -0.15) is 0 Å². The van der Waals surface area contributed by atoms with E-state index in [1.54, 1.807) is 6.92 Å². The largest absolute Gasteiger partial charge is 0.389 e. The van der Waals surface area contributed by atoms with E-state index in [0.717, 1.165) is 16.2 Å². The molecule has 0 amide bonds. The van der Waals surface area contributed by atoms with Crippen LogP contribution >= 0.6 is 31.9 Å². The summed E-state index contributed by atoms with van der Waals surface area (Å²) in [4.78, 5) is 0. The molecule has 0 spiro atoms. The Hall–Kier alpha value is 0.400. The van der Waals surface area contributed by atoms with Crippen molar-refractivity contribution >= 4 is 31.9 Å². The van der Waals surface area contributed by atoms with E-state index in [2.05, 4.69) is 37.9 Å².